The highest BCUT2D eigenvalue weighted by Gasteiger charge is 2.30. The SMILES string of the molecule is Cn1nc(C2CCN(CC(=O)Nc3ccc(C#N)cc3)CC2)n(C2CCCC2)c1=O. The summed E-state index contributed by atoms with van der Waals surface area (Å²) in [4.78, 5) is 27.2. The first-order valence-corrected chi connectivity index (χ1v) is 10.7. The van der Waals surface area contributed by atoms with Gasteiger partial charge < -0.3 is 5.32 Å². The number of hydrogen-bond acceptors (Lipinski definition) is 5. The van der Waals surface area contributed by atoms with Crippen molar-refractivity contribution >= 4 is 11.6 Å². The van der Waals surface area contributed by atoms with E-state index in [9.17, 15) is 9.59 Å². The van der Waals surface area contributed by atoms with Crippen molar-refractivity contribution in [3.63, 3.8) is 0 Å². The van der Waals surface area contributed by atoms with Gasteiger partial charge in [0.1, 0.15) is 5.82 Å². The topological polar surface area (TPSA) is 95.9 Å². The highest BCUT2D eigenvalue weighted by Crippen LogP contribution is 2.33. The fourth-order valence-electron chi connectivity index (χ4n) is 4.66. The van der Waals surface area contributed by atoms with E-state index in [1.807, 2.05) is 4.57 Å². The molecule has 1 N–H and O–H groups in total. The zero-order valence-corrected chi connectivity index (χ0v) is 17.4. The lowest BCUT2D eigenvalue weighted by molar-refractivity contribution is -0.117. The van der Waals surface area contributed by atoms with E-state index in [1.54, 1.807) is 31.3 Å². The van der Waals surface area contributed by atoms with Gasteiger partial charge in [0.25, 0.3) is 0 Å². The van der Waals surface area contributed by atoms with Gasteiger partial charge in [-0.2, -0.15) is 10.4 Å². The minimum Gasteiger partial charge on any atom is -0.325 e. The molecule has 30 heavy (non-hydrogen) atoms. The number of aryl methyl sites for hydroxylation is 1. The average Bonchev–Trinajstić information content (AvgIpc) is 3.37. The molecular weight excluding hydrogens is 380 g/mol. The minimum atomic E-state index is -0.0566. The summed E-state index contributed by atoms with van der Waals surface area (Å²) in [5, 5.41) is 16.3. The molecule has 1 amide bonds. The number of nitrogens with one attached hydrogen (secondary N) is 1. The van der Waals surface area contributed by atoms with Gasteiger partial charge in [0.2, 0.25) is 5.91 Å². The van der Waals surface area contributed by atoms with Gasteiger partial charge in [0, 0.05) is 24.7 Å². The van der Waals surface area contributed by atoms with E-state index in [0.717, 1.165) is 44.6 Å². The van der Waals surface area contributed by atoms with Gasteiger partial charge in [-0.25, -0.2) is 9.48 Å². The second kappa shape index (κ2) is 8.84. The number of carbonyl (C=O) groups excluding carboxylic acids is 1. The Kier molecular flexibility index (Phi) is 6.00. The van der Waals surface area contributed by atoms with E-state index in [-0.39, 0.29) is 23.6 Å². The normalized spacial score (nSPS) is 18.4. The molecule has 8 nitrogen and oxygen atoms in total. The molecule has 0 atom stereocenters. The second-order valence-electron chi connectivity index (χ2n) is 8.36. The maximum Gasteiger partial charge on any atom is 0.345 e. The fraction of sp³-hybridized carbons (Fsp3) is 0.545. The van der Waals surface area contributed by atoms with E-state index < -0.39 is 0 Å². The third-order valence-corrected chi connectivity index (χ3v) is 6.29. The molecule has 1 saturated heterocycles. The van der Waals surface area contributed by atoms with Crippen LogP contribution in [0, 0.1) is 11.3 Å². The highest BCUT2D eigenvalue weighted by molar-refractivity contribution is 5.92. The number of benzene rings is 1. The largest absolute Gasteiger partial charge is 0.345 e. The van der Waals surface area contributed by atoms with E-state index in [4.69, 9.17) is 5.26 Å². The van der Waals surface area contributed by atoms with Crippen molar-refractivity contribution in [1.29, 1.82) is 5.26 Å². The fourth-order valence-corrected chi connectivity index (χ4v) is 4.66. The zero-order chi connectivity index (χ0) is 21.1. The predicted molar refractivity (Wildman–Crippen MR) is 113 cm³/mol. The van der Waals surface area contributed by atoms with Crippen LogP contribution in [-0.4, -0.2) is 44.8 Å². The van der Waals surface area contributed by atoms with Gasteiger partial charge in [0.15, 0.2) is 0 Å². The van der Waals surface area contributed by atoms with Crippen molar-refractivity contribution in [2.75, 3.05) is 25.0 Å². The van der Waals surface area contributed by atoms with Crippen LogP contribution in [0.15, 0.2) is 29.1 Å². The van der Waals surface area contributed by atoms with Crippen molar-refractivity contribution in [2.45, 2.75) is 50.5 Å². The monoisotopic (exact) mass is 408 g/mol. The van der Waals surface area contributed by atoms with Crippen molar-refractivity contribution < 1.29 is 4.79 Å². The number of anilines is 1. The Bertz CT molecular complexity index is 986. The van der Waals surface area contributed by atoms with Crippen LogP contribution in [-0.2, 0) is 11.8 Å². The van der Waals surface area contributed by atoms with E-state index in [0.29, 0.717) is 17.8 Å². The molecule has 2 fully saturated rings. The Morgan fingerprint density at radius 3 is 2.47 bits per heavy atom. The number of piperidine rings is 1. The molecule has 1 aliphatic carbocycles. The molecular formula is C22H28N6O2. The predicted octanol–water partition coefficient (Wildman–Crippen LogP) is 2.39. The second-order valence-corrected chi connectivity index (χ2v) is 8.36. The van der Waals surface area contributed by atoms with Crippen LogP contribution in [0.5, 0.6) is 0 Å². The average molecular weight is 409 g/mol. The van der Waals surface area contributed by atoms with Crippen LogP contribution in [0.2, 0.25) is 0 Å². The smallest absolute Gasteiger partial charge is 0.325 e. The Morgan fingerprint density at radius 2 is 1.83 bits per heavy atom. The number of nitrogens with zero attached hydrogens (tertiary/aromatic N) is 5. The molecule has 2 aromatic rings. The summed E-state index contributed by atoms with van der Waals surface area (Å²) in [6.45, 7) is 1.95. The Hall–Kier alpha value is -2.92. The summed E-state index contributed by atoms with van der Waals surface area (Å²) >= 11 is 0. The summed E-state index contributed by atoms with van der Waals surface area (Å²) in [6, 6.07) is 9.23. The maximum atomic E-state index is 12.6. The van der Waals surface area contributed by atoms with Crippen molar-refractivity contribution in [3.8, 4) is 6.07 Å². The first-order chi connectivity index (χ1) is 14.5. The summed E-state index contributed by atoms with van der Waals surface area (Å²) in [7, 11) is 1.74. The van der Waals surface area contributed by atoms with Crippen molar-refractivity contribution in [2.24, 2.45) is 7.05 Å². The number of hydrogen-bond donors (Lipinski definition) is 1. The van der Waals surface area contributed by atoms with E-state index in [1.165, 1.54) is 17.5 Å². The van der Waals surface area contributed by atoms with Gasteiger partial charge in [-0.1, -0.05) is 12.8 Å². The number of amides is 1. The van der Waals surface area contributed by atoms with Crippen LogP contribution >= 0.6 is 0 Å². The molecule has 1 aromatic heterocycles. The summed E-state index contributed by atoms with van der Waals surface area (Å²) in [6.07, 6.45) is 6.27. The van der Waals surface area contributed by atoms with Gasteiger partial charge in [-0.05, 0) is 63.0 Å². The van der Waals surface area contributed by atoms with Gasteiger partial charge >= 0.3 is 5.69 Å². The van der Waals surface area contributed by atoms with Crippen LogP contribution in [0.1, 0.15) is 61.9 Å². The lowest BCUT2D eigenvalue weighted by Crippen LogP contribution is -2.39. The molecule has 8 heteroatoms. The Labute approximate surface area is 176 Å². The first kappa shape index (κ1) is 20.4. The summed E-state index contributed by atoms with van der Waals surface area (Å²) in [5.74, 6) is 1.13. The Morgan fingerprint density at radius 1 is 1.17 bits per heavy atom. The molecule has 0 spiro atoms. The van der Waals surface area contributed by atoms with Gasteiger partial charge in [0.05, 0.1) is 18.2 Å². The first-order valence-electron chi connectivity index (χ1n) is 10.7. The Balaban J connectivity index is 1.34. The highest BCUT2D eigenvalue weighted by atomic mass is 16.2. The third kappa shape index (κ3) is 4.31. The van der Waals surface area contributed by atoms with Crippen molar-refractivity contribution in [1.82, 2.24) is 19.2 Å². The number of likely N-dealkylation sites (tertiary alicyclic amines) is 1. The third-order valence-electron chi connectivity index (χ3n) is 6.29. The molecule has 158 valence electrons. The van der Waals surface area contributed by atoms with Gasteiger partial charge in [-0.3, -0.25) is 14.3 Å². The molecule has 0 unspecified atom stereocenters. The molecule has 1 aliphatic heterocycles. The molecule has 2 aliphatic rings. The van der Waals surface area contributed by atoms with Crippen molar-refractivity contribution in [3.05, 3.63) is 46.1 Å². The zero-order valence-electron chi connectivity index (χ0n) is 17.4. The van der Waals surface area contributed by atoms with E-state index >= 15 is 0 Å². The molecule has 2 heterocycles. The lowest BCUT2D eigenvalue weighted by atomic mass is 9.95. The minimum absolute atomic E-state index is 0.00104. The van der Waals surface area contributed by atoms with Crippen LogP contribution in [0.3, 0.4) is 0 Å². The van der Waals surface area contributed by atoms with Crippen LogP contribution in [0.4, 0.5) is 5.69 Å². The standard InChI is InChI=1S/C22H28N6O2/c1-26-22(30)28(19-4-2-3-5-19)21(25-26)17-10-12-27(13-11-17)15-20(29)24-18-8-6-16(14-23)7-9-18/h6-9,17,19H,2-5,10-13,15H2,1H3,(H,24,29). The maximum absolute atomic E-state index is 12.6. The van der Waals surface area contributed by atoms with Crippen LogP contribution < -0.4 is 11.0 Å². The van der Waals surface area contributed by atoms with Gasteiger partial charge in [-0.15, -0.1) is 0 Å². The summed E-state index contributed by atoms with van der Waals surface area (Å²) < 4.78 is 3.43. The molecule has 4 rings (SSSR count). The molecule has 1 aromatic carbocycles. The van der Waals surface area contributed by atoms with E-state index in [2.05, 4.69) is 21.4 Å². The quantitative estimate of drug-likeness (QED) is 0.819. The molecule has 1 saturated carbocycles. The number of aromatic nitrogens is 3. The number of rotatable bonds is 5. The number of nitriles is 1. The summed E-state index contributed by atoms with van der Waals surface area (Å²) in [5.41, 5.74) is 1.27. The molecule has 0 bridgehead atoms. The lowest BCUT2D eigenvalue weighted by Gasteiger charge is -2.31. The molecule has 0 radical (unpaired) electrons. The van der Waals surface area contributed by atoms with Crippen LogP contribution in [0.25, 0.3) is 0 Å². The number of carbonyl (C=O) groups is 1.